The molecule has 0 aliphatic heterocycles. The van der Waals surface area contributed by atoms with Gasteiger partial charge >= 0.3 is 12.1 Å². The van der Waals surface area contributed by atoms with Crippen LogP contribution in [0.1, 0.15) is 63.0 Å². The van der Waals surface area contributed by atoms with Gasteiger partial charge in [-0.3, -0.25) is 0 Å². The number of ether oxygens (including phenoxy) is 3. The summed E-state index contributed by atoms with van der Waals surface area (Å²) in [5, 5.41) is 9.28. The van der Waals surface area contributed by atoms with E-state index in [1.807, 2.05) is 55.5 Å². The first-order chi connectivity index (χ1) is 18.0. The normalized spacial score (nSPS) is 14.6. The van der Waals surface area contributed by atoms with Crippen molar-refractivity contribution in [2.45, 2.75) is 71.3 Å². The van der Waals surface area contributed by atoms with E-state index < -0.39 is 12.1 Å². The Morgan fingerprint density at radius 1 is 1.03 bits per heavy atom. The van der Waals surface area contributed by atoms with Crippen molar-refractivity contribution in [3.05, 3.63) is 59.7 Å². The summed E-state index contributed by atoms with van der Waals surface area (Å²) in [6.45, 7) is 5.45. The van der Waals surface area contributed by atoms with E-state index in [1.54, 1.807) is 11.8 Å². The van der Waals surface area contributed by atoms with E-state index in [0.717, 1.165) is 29.9 Å². The lowest BCUT2D eigenvalue weighted by molar-refractivity contribution is -0.149. The summed E-state index contributed by atoms with van der Waals surface area (Å²) in [6.07, 6.45) is 7.74. The van der Waals surface area contributed by atoms with Crippen LogP contribution in [0.25, 0.3) is 0 Å². The summed E-state index contributed by atoms with van der Waals surface area (Å²) < 4.78 is 16.9. The molecule has 1 aliphatic carbocycles. The minimum Gasteiger partial charge on any atom is -0.492 e. The molecule has 1 amide bonds. The van der Waals surface area contributed by atoms with Crippen LogP contribution in [0.3, 0.4) is 0 Å². The Labute approximate surface area is 220 Å². The number of carboxylic acid groups (broad SMARTS) is 1. The predicted molar refractivity (Wildman–Crippen MR) is 143 cm³/mol. The van der Waals surface area contributed by atoms with Crippen LogP contribution in [-0.2, 0) is 16.0 Å². The first kappa shape index (κ1) is 28.5. The Hall–Kier alpha value is -3.06. The number of hydrogen-bond donors (Lipinski definition) is 1. The topological polar surface area (TPSA) is 85.3 Å². The van der Waals surface area contributed by atoms with Crippen molar-refractivity contribution in [2.75, 3.05) is 26.3 Å². The summed E-state index contributed by atoms with van der Waals surface area (Å²) >= 11 is 0. The Morgan fingerprint density at radius 2 is 1.76 bits per heavy atom. The van der Waals surface area contributed by atoms with Gasteiger partial charge in [-0.2, -0.15) is 0 Å². The zero-order chi connectivity index (χ0) is 26.5. The molecule has 0 radical (unpaired) electrons. The molecule has 2 aromatic carbocycles. The maximum Gasteiger partial charge on any atom is 0.415 e. The van der Waals surface area contributed by atoms with Gasteiger partial charge in [0.05, 0.1) is 6.54 Å². The lowest BCUT2D eigenvalue weighted by atomic mass is 9.86. The van der Waals surface area contributed by atoms with E-state index >= 15 is 0 Å². The number of para-hydroxylation sites is 1. The SMILES string of the molecule is CCOC(Cc1ccc(OCCN(CCCC2CCCCC2)C(=O)Oc2ccccc2C)cc1)C(=O)O. The molecule has 1 fully saturated rings. The Kier molecular flexibility index (Phi) is 11.8. The minimum absolute atomic E-state index is 0.295. The van der Waals surface area contributed by atoms with Crippen LogP contribution in [0.2, 0.25) is 0 Å². The number of rotatable bonds is 14. The van der Waals surface area contributed by atoms with Gasteiger partial charge in [-0.1, -0.05) is 62.4 Å². The molecule has 0 aromatic heterocycles. The Bertz CT molecular complexity index is 970. The third-order valence-corrected chi connectivity index (χ3v) is 6.93. The number of hydrogen-bond acceptors (Lipinski definition) is 5. The van der Waals surface area contributed by atoms with Crippen LogP contribution >= 0.6 is 0 Å². The van der Waals surface area contributed by atoms with Gasteiger partial charge in [-0.05, 0) is 61.9 Å². The number of amides is 1. The van der Waals surface area contributed by atoms with E-state index in [0.29, 0.717) is 44.2 Å². The largest absolute Gasteiger partial charge is 0.492 e. The van der Waals surface area contributed by atoms with Crippen molar-refractivity contribution in [2.24, 2.45) is 5.92 Å². The fourth-order valence-corrected chi connectivity index (χ4v) is 4.80. The number of carbonyl (C=O) groups excluding carboxylic acids is 1. The van der Waals surface area contributed by atoms with Gasteiger partial charge in [0.1, 0.15) is 18.1 Å². The molecule has 0 saturated heterocycles. The first-order valence-electron chi connectivity index (χ1n) is 13.5. The maximum atomic E-state index is 13.0. The first-order valence-corrected chi connectivity index (χ1v) is 13.5. The van der Waals surface area contributed by atoms with Crippen molar-refractivity contribution in [3.8, 4) is 11.5 Å². The van der Waals surface area contributed by atoms with Gasteiger partial charge in [-0.25, -0.2) is 9.59 Å². The summed E-state index contributed by atoms with van der Waals surface area (Å²) in [6, 6.07) is 14.9. The molecule has 0 spiro atoms. The molecule has 3 rings (SSSR count). The number of carboxylic acids is 1. The van der Waals surface area contributed by atoms with Crippen LogP contribution in [0.15, 0.2) is 48.5 Å². The smallest absolute Gasteiger partial charge is 0.415 e. The monoisotopic (exact) mass is 511 g/mol. The van der Waals surface area contributed by atoms with Crippen molar-refractivity contribution >= 4 is 12.1 Å². The zero-order valence-corrected chi connectivity index (χ0v) is 22.2. The molecule has 1 unspecified atom stereocenters. The highest BCUT2D eigenvalue weighted by Crippen LogP contribution is 2.27. The molecular formula is C30H41NO6. The Morgan fingerprint density at radius 3 is 2.43 bits per heavy atom. The highest BCUT2D eigenvalue weighted by molar-refractivity contribution is 5.72. The average Bonchev–Trinajstić information content (AvgIpc) is 2.90. The van der Waals surface area contributed by atoms with Crippen molar-refractivity contribution in [1.82, 2.24) is 4.90 Å². The molecule has 0 heterocycles. The van der Waals surface area contributed by atoms with Gasteiger partial charge in [0.2, 0.25) is 0 Å². The minimum atomic E-state index is -0.969. The third kappa shape index (κ3) is 9.73. The average molecular weight is 512 g/mol. The van der Waals surface area contributed by atoms with E-state index in [9.17, 15) is 14.7 Å². The molecular weight excluding hydrogens is 470 g/mol. The number of nitrogens with zero attached hydrogens (tertiary/aromatic N) is 1. The number of benzene rings is 2. The van der Waals surface area contributed by atoms with E-state index in [-0.39, 0.29) is 6.09 Å². The molecule has 1 N–H and O–H groups in total. The number of aryl methyl sites for hydroxylation is 1. The standard InChI is InChI=1S/C30H41NO6/c1-3-35-28(29(32)33)22-25-15-17-26(18-16-25)36-21-20-31(19-9-13-24-11-5-4-6-12-24)30(34)37-27-14-8-7-10-23(27)2/h7-8,10,14-18,24,28H,3-6,9,11-13,19-22H2,1-2H3,(H,32,33). The second kappa shape index (κ2) is 15.3. The fourth-order valence-electron chi connectivity index (χ4n) is 4.80. The molecule has 1 atom stereocenters. The number of carbonyl (C=O) groups is 2. The van der Waals surface area contributed by atoms with Gasteiger partial charge < -0.3 is 24.2 Å². The second-order valence-electron chi connectivity index (χ2n) is 9.75. The molecule has 7 heteroatoms. The van der Waals surface area contributed by atoms with Crippen molar-refractivity contribution in [1.29, 1.82) is 0 Å². The molecule has 7 nitrogen and oxygen atoms in total. The van der Waals surface area contributed by atoms with E-state index in [1.165, 1.54) is 32.1 Å². The summed E-state index contributed by atoms with van der Waals surface area (Å²) in [5.74, 6) is 1.04. The molecule has 1 aliphatic rings. The van der Waals surface area contributed by atoms with Crippen LogP contribution < -0.4 is 9.47 Å². The van der Waals surface area contributed by atoms with Crippen LogP contribution in [0.5, 0.6) is 11.5 Å². The quantitative estimate of drug-likeness (QED) is 0.322. The Balaban J connectivity index is 1.53. The molecule has 1 saturated carbocycles. The van der Waals surface area contributed by atoms with E-state index in [2.05, 4.69) is 0 Å². The van der Waals surface area contributed by atoms with Crippen LogP contribution in [0, 0.1) is 12.8 Å². The molecule has 37 heavy (non-hydrogen) atoms. The third-order valence-electron chi connectivity index (χ3n) is 6.93. The lowest BCUT2D eigenvalue weighted by Crippen LogP contribution is -2.37. The van der Waals surface area contributed by atoms with Gasteiger partial charge in [-0.15, -0.1) is 0 Å². The fraction of sp³-hybridized carbons (Fsp3) is 0.533. The van der Waals surface area contributed by atoms with Gasteiger partial charge in [0.25, 0.3) is 0 Å². The molecule has 2 aromatic rings. The summed E-state index contributed by atoms with van der Waals surface area (Å²) in [4.78, 5) is 26.1. The van der Waals surface area contributed by atoms with Gasteiger partial charge in [0, 0.05) is 19.6 Å². The van der Waals surface area contributed by atoms with Gasteiger partial charge in [0.15, 0.2) is 6.10 Å². The number of aliphatic carboxylic acids is 1. The molecule has 202 valence electrons. The predicted octanol–water partition coefficient (Wildman–Crippen LogP) is 6.27. The lowest BCUT2D eigenvalue weighted by Gasteiger charge is -2.25. The van der Waals surface area contributed by atoms with Crippen LogP contribution in [-0.4, -0.2) is 54.5 Å². The highest BCUT2D eigenvalue weighted by Gasteiger charge is 2.20. The second-order valence-corrected chi connectivity index (χ2v) is 9.75. The highest BCUT2D eigenvalue weighted by atomic mass is 16.6. The summed E-state index contributed by atoms with van der Waals surface area (Å²) in [7, 11) is 0. The van der Waals surface area contributed by atoms with Crippen molar-refractivity contribution in [3.63, 3.8) is 0 Å². The maximum absolute atomic E-state index is 13.0. The van der Waals surface area contributed by atoms with Crippen LogP contribution in [0.4, 0.5) is 4.79 Å². The zero-order valence-electron chi connectivity index (χ0n) is 22.2. The summed E-state index contributed by atoms with van der Waals surface area (Å²) in [5.41, 5.74) is 1.78. The van der Waals surface area contributed by atoms with E-state index in [4.69, 9.17) is 14.2 Å². The molecule has 0 bridgehead atoms. The van der Waals surface area contributed by atoms with Crippen molar-refractivity contribution < 1.29 is 28.9 Å².